The van der Waals surface area contributed by atoms with Crippen molar-refractivity contribution in [2.45, 2.75) is 134 Å². The van der Waals surface area contributed by atoms with Gasteiger partial charge in [-0.15, -0.1) is 0 Å². The number of carbonyl (C=O) groups is 4. The number of piperidine rings is 2. The van der Waals surface area contributed by atoms with Crippen LogP contribution in [0.25, 0.3) is 0 Å². The van der Waals surface area contributed by atoms with Gasteiger partial charge in [-0.05, 0) is 158 Å². The van der Waals surface area contributed by atoms with Crippen molar-refractivity contribution in [3.8, 4) is 0 Å². The van der Waals surface area contributed by atoms with Gasteiger partial charge >= 0.3 is 35.2 Å². The number of hydrogen-bond donors (Lipinski definition) is 0. The number of hydroxylamine groups is 2. The molecule has 0 N–H and O–H groups in total. The molecule has 2 unspecified atom stereocenters. The third kappa shape index (κ3) is 18.0. The molecule has 78 heavy (non-hydrogen) atoms. The molecule has 0 radical (unpaired) electrons. The first-order valence-corrected chi connectivity index (χ1v) is 27.6. The average Bonchev–Trinajstić information content (AvgIpc) is 4.03. The number of hydrogen-bond acceptors (Lipinski definition) is 9. The first kappa shape index (κ1) is 65.9. The predicted molar refractivity (Wildman–Crippen MR) is 299 cm³/mol. The predicted octanol–water partition coefficient (Wildman–Crippen LogP) is 12.2. The van der Waals surface area contributed by atoms with Gasteiger partial charge in [-0.25, -0.2) is 32.2 Å². The summed E-state index contributed by atoms with van der Waals surface area (Å²) in [6, 6.07) is 25.2. The minimum absolute atomic E-state index is 0. The second-order valence-electron chi connectivity index (χ2n) is 21.8. The molecule has 2 aliphatic carbocycles. The van der Waals surface area contributed by atoms with Gasteiger partial charge in [0.2, 0.25) is 0 Å². The van der Waals surface area contributed by atoms with E-state index in [9.17, 15) is 36.7 Å². The molecule has 12 nitrogen and oxygen atoms in total. The first-order chi connectivity index (χ1) is 36.4. The molecule has 0 spiro atoms. The number of likely N-dealkylation sites (tertiary alicyclic amines) is 2. The number of ether oxygens (including phenoxy) is 4. The fourth-order valence-electron chi connectivity index (χ4n) is 10.2. The Morgan fingerprint density at radius 3 is 1.47 bits per heavy atom. The molecule has 5 fully saturated rings. The Hall–Kier alpha value is -4.59. The van der Waals surface area contributed by atoms with Gasteiger partial charge in [0.1, 0.15) is 40.5 Å². The van der Waals surface area contributed by atoms with Crippen molar-refractivity contribution in [1.82, 2.24) is 14.9 Å². The topological polar surface area (TPSA) is 124 Å². The first-order valence-electron chi connectivity index (χ1n) is 26.5. The zero-order valence-corrected chi connectivity index (χ0v) is 50.1. The summed E-state index contributed by atoms with van der Waals surface area (Å²) in [4.78, 5) is 59.4. The zero-order chi connectivity index (χ0) is 56.7. The maximum atomic E-state index is 14.6. The molecule has 3 saturated heterocycles. The van der Waals surface area contributed by atoms with Crippen LogP contribution in [-0.4, -0.2) is 144 Å². The van der Waals surface area contributed by atoms with Crippen molar-refractivity contribution in [1.29, 1.82) is 0 Å². The average molecular weight is 1170 g/mol. The quantitative estimate of drug-likeness (QED) is 0.0590. The molecule has 3 heterocycles. The number of amides is 3. The van der Waals surface area contributed by atoms with Crippen LogP contribution in [-0.2, 0) is 57.0 Å². The van der Waals surface area contributed by atoms with Crippen LogP contribution in [0.2, 0.25) is 0 Å². The van der Waals surface area contributed by atoms with Crippen molar-refractivity contribution >= 4 is 62.9 Å². The fraction of sp³-hybridized carbons (Fsp3) is 0.533. The van der Waals surface area contributed by atoms with Crippen LogP contribution >= 0.6 is 15.9 Å². The van der Waals surface area contributed by atoms with E-state index < -0.39 is 75.5 Å². The van der Waals surface area contributed by atoms with E-state index in [0.717, 1.165) is 79.1 Å². The van der Waals surface area contributed by atoms with E-state index in [0.29, 0.717) is 19.3 Å². The molecule has 4 aromatic rings. The fourth-order valence-corrected chi connectivity index (χ4v) is 10.6. The minimum atomic E-state index is -0.854. The number of alkyl halides is 1. The maximum absolute atomic E-state index is 14.6. The summed E-state index contributed by atoms with van der Waals surface area (Å²) in [5, 5.41) is 2.09. The van der Waals surface area contributed by atoms with Gasteiger partial charge < -0.3 is 21.8 Å². The number of rotatable bonds is 12. The number of carbonyl (C=O) groups excluding carboxylic acids is 4. The van der Waals surface area contributed by atoms with E-state index in [-0.39, 0.29) is 74.2 Å². The van der Waals surface area contributed by atoms with Crippen LogP contribution in [0, 0.1) is 35.1 Å². The van der Waals surface area contributed by atoms with Crippen molar-refractivity contribution in [3.63, 3.8) is 0 Å². The molecule has 5 aliphatic rings. The molecule has 426 valence electrons. The molecule has 0 bridgehead atoms. The standard InChI is InChI=1S/C25H27F2NO3.C19H24F2N2O4.C8H9Br.C4H8O.C4H10O.Mg.2H/c1-24(2,3)31-23(30)28-15-25(18-13-17(26)10-11-20(18)27)14-19(25)22(28)21(29)12-9-16-7-5-4-6-8-16;1-18(2,3)27-17(25)23-10-19(12-8-11(20)6-7-14(12)21)9-13(19)15(23)16(24)22(4)26-5;9-7-6-8-4-2-1-3-5-8;1-2-4-5-3-1;1-3-5-4-2;;;/h4-8,10-11,13,19,22H,9,12,14-15H2,1-3H3;6-8,13,15H,9-10H2,1-5H3;1-5H,6-7H2;1-4H2;3-4H2,1-2H3;;;/q;;;;;+2;2*-1/t19-,22?,25+;13-,15?,19+;;;;;;/m00....../s1. The Labute approximate surface area is 486 Å². The summed E-state index contributed by atoms with van der Waals surface area (Å²) < 4.78 is 77.4. The second kappa shape index (κ2) is 29.7. The number of ketones is 1. The number of fused-ring (bicyclic) bond motifs is 2. The molecular weight excluding hydrogens is 1090 g/mol. The molecule has 9 rings (SSSR count). The van der Waals surface area contributed by atoms with Gasteiger partial charge in [-0.3, -0.25) is 24.2 Å². The van der Waals surface area contributed by atoms with Crippen molar-refractivity contribution < 1.29 is 63.4 Å². The van der Waals surface area contributed by atoms with Crippen molar-refractivity contribution in [2.75, 3.05) is 59.0 Å². The number of Topliss-reactive ketones (excluding diaryl/α,β-unsaturated/α-hetero) is 1. The summed E-state index contributed by atoms with van der Waals surface area (Å²) in [7, 11) is 2.79. The third-order valence-corrected chi connectivity index (χ3v) is 14.3. The Kier molecular flexibility index (Phi) is 25.1. The molecule has 3 amide bonds. The summed E-state index contributed by atoms with van der Waals surface area (Å²) in [5.74, 6) is -3.20. The number of aryl methyl sites for hydroxylation is 2. The summed E-state index contributed by atoms with van der Waals surface area (Å²) >= 11 is 3.39. The largest absolute Gasteiger partial charge is 2.00 e. The van der Waals surface area contributed by atoms with Crippen molar-refractivity contribution in [2.24, 2.45) is 11.8 Å². The van der Waals surface area contributed by atoms with E-state index in [1.54, 1.807) is 41.5 Å². The number of benzene rings is 4. The summed E-state index contributed by atoms with van der Waals surface area (Å²) in [6.45, 7) is 18.4. The summed E-state index contributed by atoms with van der Waals surface area (Å²) in [5.41, 5.74) is -0.138. The van der Waals surface area contributed by atoms with Gasteiger partial charge in [0.25, 0.3) is 5.91 Å². The van der Waals surface area contributed by atoms with E-state index >= 15 is 0 Å². The Morgan fingerprint density at radius 1 is 0.679 bits per heavy atom. The van der Waals surface area contributed by atoms with Gasteiger partial charge in [0.15, 0.2) is 5.78 Å². The Bertz CT molecular complexity index is 2570. The second-order valence-corrected chi connectivity index (χ2v) is 22.6. The number of likely N-dealkylation sites (N-methyl/N-ethyl adjacent to an activating group) is 1. The van der Waals surface area contributed by atoms with E-state index in [1.165, 1.54) is 48.4 Å². The van der Waals surface area contributed by atoms with Crippen LogP contribution in [0.15, 0.2) is 97.1 Å². The van der Waals surface area contributed by atoms with Gasteiger partial charge in [-0.1, -0.05) is 76.6 Å². The van der Waals surface area contributed by atoms with E-state index in [2.05, 4.69) is 40.2 Å². The minimum Gasteiger partial charge on any atom is -1.00 e. The van der Waals surface area contributed by atoms with Crippen LogP contribution < -0.4 is 0 Å². The van der Waals surface area contributed by atoms with Gasteiger partial charge in [0, 0.05) is 75.1 Å². The molecule has 6 atom stereocenters. The molecule has 2 saturated carbocycles. The van der Waals surface area contributed by atoms with Crippen molar-refractivity contribution in [3.05, 3.63) is 143 Å². The molecular formula is C60H80BrF4MgN3O9. The van der Waals surface area contributed by atoms with Crippen LogP contribution in [0.1, 0.15) is 113 Å². The van der Waals surface area contributed by atoms with Crippen LogP contribution in [0.5, 0.6) is 0 Å². The number of nitrogens with zero attached hydrogens (tertiary/aromatic N) is 3. The van der Waals surface area contributed by atoms with Gasteiger partial charge in [0.05, 0.1) is 13.2 Å². The zero-order valence-electron chi connectivity index (χ0n) is 49.1. The normalized spacial score (nSPS) is 22.1. The third-order valence-electron chi connectivity index (χ3n) is 13.9. The Balaban J connectivity index is 0.000000402. The van der Waals surface area contributed by atoms with E-state index in [1.807, 2.05) is 50.2 Å². The molecule has 0 aromatic heterocycles. The van der Waals surface area contributed by atoms with Gasteiger partial charge in [-0.2, -0.15) is 0 Å². The Morgan fingerprint density at radius 2 is 1.10 bits per heavy atom. The van der Waals surface area contributed by atoms with Crippen LogP contribution in [0.4, 0.5) is 27.2 Å². The molecule has 4 aromatic carbocycles. The summed E-state index contributed by atoms with van der Waals surface area (Å²) in [6.07, 6.45) is 4.30. The molecule has 3 aliphatic heterocycles. The number of halogens is 5. The van der Waals surface area contributed by atoms with E-state index in [4.69, 9.17) is 23.8 Å². The monoisotopic (exact) mass is 1170 g/mol. The smallest absolute Gasteiger partial charge is 1.00 e. The SMILES string of the molecule is BrCCc1ccccc1.C1CCOC1.CC(C)(C)OC(=O)N1C[C@@]2(c3cc(F)ccc3F)C[C@H]2C1C(=O)CCc1ccccc1.CCOCC.CON(C)C(=O)C1[C@@H]2C[C@]2(c2cc(F)ccc2F)CN1C(=O)OC(C)(C)C.[H-].[H-].[Mg+2]. The van der Waals surface area contributed by atoms with Crippen LogP contribution in [0.3, 0.4) is 0 Å². The molecule has 18 heteroatoms. The maximum Gasteiger partial charge on any atom is 2.00 e.